The molecule has 3 heteroatoms. The van der Waals surface area contributed by atoms with Crippen LogP contribution < -0.4 is 0 Å². The van der Waals surface area contributed by atoms with Crippen LogP contribution in [-0.2, 0) is 7.86 Å². The molecule has 0 heterocycles. The maximum Gasteiger partial charge on any atom is 0.119 e. The van der Waals surface area contributed by atoms with Crippen molar-refractivity contribution < 1.29 is 7.86 Å². The summed E-state index contributed by atoms with van der Waals surface area (Å²) in [5, 5.41) is 0. The van der Waals surface area contributed by atoms with E-state index in [1.807, 2.05) is 0 Å². The highest BCUT2D eigenvalue weighted by Crippen LogP contribution is 2.41. The molecule has 112 valence electrons. The van der Waals surface area contributed by atoms with Crippen LogP contribution in [-0.4, -0.2) is 12.4 Å². The lowest BCUT2D eigenvalue weighted by atomic mass is 9.71. The molecular formula is C17H25IO2. The second kappa shape index (κ2) is 8.98. The van der Waals surface area contributed by atoms with Gasteiger partial charge in [-0.1, -0.05) is 37.5 Å². The number of rotatable bonds is 8. The van der Waals surface area contributed by atoms with Crippen LogP contribution in [0, 0.1) is 11.8 Å². The van der Waals surface area contributed by atoms with Crippen LogP contribution in [0.25, 0.3) is 0 Å². The average Bonchev–Trinajstić information content (AvgIpc) is 2.50. The molecule has 0 aromatic carbocycles. The Morgan fingerprint density at radius 3 is 2.95 bits per heavy atom. The Morgan fingerprint density at radius 1 is 1.30 bits per heavy atom. The van der Waals surface area contributed by atoms with Gasteiger partial charge in [0.15, 0.2) is 0 Å². The summed E-state index contributed by atoms with van der Waals surface area (Å²) in [7, 11) is 0. The van der Waals surface area contributed by atoms with Crippen LogP contribution >= 0.6 is 23.0 Å². The van der Waals surface area contributed by atoms with Crippen molar-refractivity contribution in [2.75, 3.05) is 0 Å². The number of fused-ring (bicyclic) bond motifs is 1. The van der Waals surface area contributed by atoms with E-state index < -0.39 is 0 Å². The molecule has 0 saturated carbocycles. The van der Waals surface area contributed by atoms with E-state index >= 15 is 0 Å². The van der Waals surface area contributed by atoms with Crippen molar-refractivity contribution in [2.45, 2.75) is 63.9 Å². The molecular weight excluding hydrogens is 363 g/mol. The lowest BCUT2D eigenvalue weighted by Gasteiger charge is -2.37. The minimum absolute atomic E-state index is 0.283. The van der Waals surface area contributed by atoms with Gasteiger partial charge in [0.2, 0.25) is 0 Å². The molecule has 0 aromatic heterocycles. The number of carbonyl (C=O) groups is 1. The Hall–Kier alpha value is -0.160. The minimum atomic E-state index is 0.283. The van der Waals surface area contributed by atoms with Crippen molar-refractivity contribution in [1.29, 1.82) is 0 Å². The second-order valence-electron chi connectivity index (χ2n) is 5.98. The van der Waals surface area contributed by atoms with Gasteiger partial charge >= 0.3 is 0 Å². The molecule has 0 bridgehead atoms. The van der Waals surface area contributed by atoms with Gasteiger partial charge < -0.3 is 7.86 Å². The summed E-state index contributed by atoms with van der Waals surface area (Å²) in [4.78, 5) is 10.3. The molecule has 20 heavy (non-hydrogen) atoms. The molecule has 0 aromatic rings. The zero-order valence-electron chi connectivity index (χ0n) is 12.1. The third-order valence-electron chi connectivity index (χ3n) is 4.66. The molecule has 0 spiro atoms. The Labute approximate surface area is 136 Å². The second-order valence-corrected chi connectivity index (χ2v) is 6.48. The van der Waals surface area contributed by atoms with Crippen molar-refractivity contribution in [3.8, 4) is 0 Å². The summed E-state index contributed by atoms with van der Waals surface area (Å²) in [5.41, 5.74) is 1.55. The molecule has 2 rings (SSSR count). The van der Waals surface area contributed by atoms with Crippen molar-refractivity contribution in [3.05, 3.63) is 23.8 Å². The third kappa shape index (κ3) is 4.42. The highest BCUT2D eigenvalue weighted by atomic mass is 127. The standard InChI is InChI=1S/C17H25IO2/c18-20-17-12-11-14-8-5-6-9-15(14)16(17)10-4-2-1-3-7-13-19/h8,11-13,15-17H,1-7,9-10H2. The molecule has 3 atom stereocenters. The molecule has 0 fully saturated rings. The van der Waals surface area contributed by atoms with E-state index in [4.69, 9.17) is 3.07 Å². The van der Waals surface area contributed by atoms with Crippen molar-refractivity contribution >= 4 is 29.3 Å². The van der Waals surface area contributed by atoms with Gasteiger partial charge in [-0.3, -0.25) is 0 Å². The van der Waals surface area contributed by atoms with Gasteiger partial charge in [-0.2, -0.15) is 0 Å². The molecule has 0 radical (unpaired) electrons. The fourth-order valence-corrected chi connectivity index (χ4v) is 4.12. The predicted molar refractivity (Wildman–Crippen MR) is 90.7 cm³/mol. The molecule has 3 unspecified atom stereocenters. The van der Waals surface area contributed by atoms with E-state index in [2.05, 4.69) is 41.2 Å². The first kappa shape index (κ1) is 16.2. The summed E-state index contributed by atoms with van der Waals surface area (Å²) in [6.45, 7) is 0. The Kier molecular flexibility index (Phi) is 7.28. The molecule has 2 nitrogen and oxygen atoms in total. The number of carbonyl (C=O) groups excluding carboxylic acids is 1. The SMILES string of the molecule is O=CCCCCCCC1C(OI)C=CC2=CCCCC21. The van der Waals surface area contributed by atoms with Gasteiger partial charge in [0.05, 0.1) is 6.10 Å². The monoisotopic (exact) mass is 388 g/mol. The Balaban J connectivity index is 1.83. The number of unbranched alkanes of at least 4 members (excludes halogenated alkanes) is 4. The first-order valence-electron chi connectivity index (χ1n) is 7.96. The number of hydrogen-bond donors (Lipinski definition) is 0. The highest BCUT2D eigenvalue weighted by molar-refractivity contribution is 14.1. The van der Waals surface area contributed by atoms with Gasteiger partial charge in [-0.15, -0.1) is 0 Å². The molecule has 0 N–H and O–H groups in total. The maximum atomic E-state index is 10.3. The van der Waals surface area contributed by atoms with Gasteiger partial charge in [0.1, 0.15) is 29.3 Å². The topological polar surface area (TPSA) is 26.3 Å². The predicted octanol–water partition coefficient (Wildman–Crippen LogP) is 5.17. The minimum Gasteiger partial charge on any atom is -0.308 e. The first-order chi connectivity index (χ1) is 9.86. The van der Waals surface area contributed by atoms with Crippen LogP contribution in [0.1, 0.15) is 57.8 Å². The fourth-order valence-electron chi connectivity index (χ4n) is 3.58. The Morgan fingerprint density at radius 2 is 2.15 bits per heavy atom. The van der Waals surface area contributed by atoms with Gasteiger partial charge in [-0.05, 0) is 49.5 Å². The van der Waals surface area contributed by atoms with E-state index in [9.17, 15) is 4.79 Å². The molecule has 2 aliphatic rings. The van der Waals surface area contributed by atoms with E-state index in [0.29, 0.717) is 11.8 Å². The number of hydrogen-bond acceptors (Lipinski definition) is 2. The average molecular weight is 388 g/mol. The summed E-state index contributed by atoms with van der Waals surface area (Å²) in [6, 6.07) is 0. The van der Waals surface area contributed by atoms with Crippen LogP contribution in [0.5, 0.6) is 0 Å². The lowest BCUT2D eigenvalue weighted by Crippen LogP contribution is -2.32. The van der Waals surface area contributed by atoms with E-state index in [0.717, 1.165) is 19.1 Å². The van der Waals surface area contributed by atoms with Crippen molar-refractivity contribution in [2.24, 2.45) is 11.8 Å². The Bertz CT molecular complexity index is 362. The number of allylic oxidation sites excluding steroid dienone is 3. The smallest absolute Gasteiger partial charge is 0.119 e. The largest absolute Gasteiger partial charge is 0.308 e. The van der Waals surface area contributed by atoms with E-state index in [1.165, 1.54) is 44.9 Å². The lowest BCUT2D eigenvalue weighted by molar-refractivity contribution is -0.107. The summed E-state index contributed by atoms with van der Waals surface area (Å²) in [5.74, 6) is 1.36. The summed E-state index contributed by atoms with van der Waals surface area (Å²) in [6.07, 6.45) is 18.9. The normalized spacial score (nSPS) is 28.9. The maximum absolute atomic E-state index is 10.3. The van der Waals surface area contributed by atoms with Gasteiger partial charge in [0, 0.05) is 6.42 Å². The van der Waals surface area contributed by atoms with Crippen LogP contribution in [0.3, 0.4) is 0 Å². The fraction of sp³-hybridized carbons (Fsp3) is 0.706. The zero-order chi connectivity index (χ0) is 14.2. The van der Waals surface area contributed by atoms with Crippen LogP contribution in [0.15, 0.2) is 23.8 Å². The zero-order valence-corrected chi connectivity index (χ0v) is 14.3. The highest BCUT2D eigenvalue weighted by Gasteiger charge is 2.33. The van der Waals surface area contributed by atoms with Crippen LogP contribution in [0.4, 0.5) is 0 Å². The number of aldehydes is 1. The summed E-state index contributed by atoms with van der Waals surface area (Å²) >= 11 is 2.06. The molecule has 2 aliphatic carbocycles. The van der Waals surface area contributed by atoms with Crippen molar-refractivity contribution in [3.63, 3.8) is 0 Å². The van der Waals surface area contributed by atoms with Crippen LogP contribution in [0.2, 0.25) is 0 Å². The van der Waals surface area contributed by atoms with Gasteiger partial charge in [-0.25, -0.2) is 0 Å². The van der Waals surface area contributed by atoms with E-state index in [1.54, 1.807) is 5.57 Å². The first-order valence-corrected chi connectivity index (χ1v) is 8.84. The number of halogens is 1. The van der Waals surface area contributed by atoms with Crippen molar-refractivity contribution in [1.82, 2.24) is 0 Å². The molecule has 0 aliphatic heterocycles. The third-order valence-corrected chi connectivity index (χ3v) is 5.24. The quantitative estimate of drug-likeness (QED) is 0.326. The molecule has 0 amide bonds. The molecule has 0 saturated heterocycles. The van der Waals surface area contributed by atoms with Gasteiger partial charge in [0.25, 0.3) is 0 Å². The van der Waals surface area contributed by atoms with E-state index in [-0.39, 0.29) is 6.10 Å². The summed E-state index contributed by atoms with van der Waals surface area (Å²) < 4.78 is 5.66.